The van der Waals surface area contributed by atoms with Crippen LogP contribution in [0.4, 0.5) is 0 Å². The van der Waals surface area contributed by atoms with Crippen molar-refractivity contribution in [2.24, 2.45) is 5.92 Å². The number of rotatable bonds is 5. The van der Waals surface area contributed by atoms with Crippen LogP contribution in [0.3, 0.4) is 0 Å². The van der Waals surface area contributed by atoms with Crippen LogP contribution in [0.5, 0.6) is 0 Å². The third-order valence-electron chi connectivity index (χ3n) is 2.45. The summed E-state index contributed by atoms with van der Waals surface area (Å²) < 4.78 is 5.12. The largest absolute Gasteiger partial charge is 0.480 e. The maximum absolute atomic E-state index is 11.6. The van der Waals surface area contributed by atoms with Gasteiger partial charge in [-0.25, -0.2) is 0 Å². The Kier molecular flexibility index (Phi) is 5.41. The standard InChI is InChI=1S/C10H16N2O5/c13-8(11-6-9(14)15)5-12-10(16)7-1-3-17-4-2-7/h7H,1-6H2,(H,11,13)(H,12,16)(H,14,15). The first-order valence-electron chi connectivity index (χ1n) is 5.43. The topological polar surface area (TPSA) is 105 Å². The van der Waals surface area contributed by atoms with E-state index in [9.17, 15) is 14.4 Å². The molecular weight excluding hydrogens is 228 g/mol. The molecule has 1 aliphatic heterocycles. The highest BCUT2D eigenvalue weighted by molar-refractivity contribution is 5.87. The van der Waals surface area contributed by atoms with Crippen molar-refractivity contribution in [3.8, 4) is 0 Å². The van der Waals surface area contributed by atoms with Gasteiger partial charge in [0.25, 0.3) is 0 Å². The van der Waals surface area contributed by atoms with E-state index in [0.29, 0.717) is 26.1 Å². The minimum Gasteiger partial charge on any atom is -0.480 e. The molecule has 1 aliphatic rings. The van der Waals surface area contributed by atoms with Gasteiger partial charge in [-0.3, -0.25) is 14.4 Å². The van der Waals surface area contributed by atoms with Crippen LogP contribution in [-0.4, -0.2) is 49.2 Å². The predicted octanol–water partition coefficient (Wildman–Crippen LogP) is -1.27. The molecule has 7 heteroatoms. The zero-order valence-corrected chi connectivity index (χ0v) is 9.40. The van der Waals surface area contributed by atoms with Crippen molar-refractivity contribution in [2.45, 2.75) is 12.8 Å². The van der Waals surface area contributed by atoms with Crippen molar-refractivity contribution in [3.05, 3.63) is 0 Å². The van der Waals surface area contributed by atoms with Gasteiger partial charge in [0.1, 0.15) is 6.54 Å². The molecule has 7 nitrogen and oxygen atoms in total. The molecule has 2 amide bonds. The van der Waals surface area contributed by atoms with E-state index in [1.807, 2.05) is 0 Å². The highest BCUT2D eigenvalue weighted by Crippen LogP contribution is 2.14. The van der Waals surface area contributed by atoms with Gasteiger partial charge in [-0.15, -0.1) is 0 Å². The van der Waals surface area contributed by atoms with Gasteiger partial charge in [0.05, 0.1) is 6.54 Å². The van der Waals surface area contributed by atoms with Gasteiger partial charge in [0.15, 0.2) is 0 Å². The summed E-state index contributed by atoms with van der Waals surface area (Å²) >= 11 is 0. The molecule has 1 rings (SSSR count). The predicted molar refractivity (Wildman–Crippen MR) is 57.2 cm³/mol. The Morgan fingerprint density at radius 1 is 1.12 bits per heavy atom. The number of carboxylic acid groups (broad SMARTS) is 1. The van der Waals surface area contributed by atoms with Crippen molar-refractivity contribution in [1.82, 2.24) is 10.6 Å². The SMILES string of the molecule is O=C(O)CNC(=O)CNC(=O)C1CCOCC1. The minimum atomic E-state index is -1.12. The molecule has 1 heterocycles. The number of hydrogen-bond acceptors (Lipinski definition) is 4. The second-order valence-electron chi connectivity index (χ2n) is 3.77. The lowest BCUT2D eigenvalue weighted by Crippen LogP contribution is -2.42. The van der Waals surface area contributed by atoms with Gasteiger partial charge < -0.3 is 20.5 Å². The van der Waals surface area contributed by atoms with E-state index < -0.39 is 18.4 Å². The fraction of sp³-hybridized carbons (Fsp3) is 0.700. The molecule has 1 saturated heterocycles. The lowest BCUT2D eigenvalue weighted by atomic mass is 9.99. The summed E-state index contributed by atoms with van der Waals surface area (Å²) in [5, 5.41) is 13.0. The van der Waals surface area contributed by atoms with Gasteiger partial charge >= 0.3 is 5.97 Å². The van der Waals surface area contributed by atoms with Crippen LogP contribution in [-0.2, 0) is 19.1 Å². The summed E-state index contributed by atoms with van der Waals surface area (Å²) in [7, 11) is 0. The van der Waals surface area contributed by atoms with E-state index >= 15 is 0 Å². The highest BCUT2D eigenvalue weighted by Gasteiger charge is 2.21. The Balaban J connectivity index is 2.18. The van der Waals surface area contributed by atoms with Crippen LogP contribution < -0.4 is 10.6 Å². The average Bonchev–Trinajstić information content (AvgIpc) is 2.34. The Hall–Kier alpha value is -1.63. The van der Waals surface area contributed by atoms with Crippen LogP contribution in [0.25, 0.3) is 0 Å². The number of carbonyl (C=O) groups is 3. The normalized spacial score (nSPS) is 16.2. The molecule has 0 unspecified atom stereocenters. The number of amides is 2. The van der Waals surface area contributed by atoms with Crippen LogP contribution in [0.2, 0.25) is 0 Å². The summed E-state index contributed by atoms with van der Waals surface area (Å²) in [6.45, 7) is 0.488. The molecule has 0 aliphatic carbocycles. The summed E-state index contributed by atoms with van der Waals surface area (Å²) in [6.07, 6.45) is 1.31. The molecule has 0 atom stereocenters. The zero-order chi connectivity index (χ0) is 12.7. The fourth-order valence-electron chi connectivity index (χ4n) is 1.51. The molecule has 0 aromatic heterocycles. The molecule has 0 radical (unpaired) electrons. The molecule has 3 N–H and O–H groups in total. The monoisotopic (exact) mass is 244 g/mol. The first-order valence-corrected chi connectivity index (χ1v) is 5.43. The summed E-state index contributed by atoms with van der Waals surface area (Å²) in [4.78, 5) is 32.9. The number of ether oxygens (including phenoxy) is 1. The Morgan fingerprint density at radius 3 is 2.35 bits per heavy atom. The third-order valence-corrected chi connectivity index (χ3v) is 2.45. The van der Waals surface area contributed by atoms with Crippen molar-refractivity contribution >= 4 is 17.8 Å². The molecule has 0 spiro atoms. The van der Waals surface area contributed by atoms with E-state index in [1.54, 1.807) is 0 Å². The molecule has 0 aromatic rings. The van der Waals surface area contributed by atoms with Gasteiger partial charge in [0, 0.05) is 19.1 Å². The average molecular weight is 244 g/mol. The number of carbonyl (C=O) groups excluding carboxylic acids is 2. The number of aliphatic carboxylic acids is 1. The summed E-state index contributed by atoms with van der Waals surface area (Å²) in [5.41, 5.74) is 0. The molecule has 0 aromatic carbocycles. The van der Waals surface area contributed by atoms with E-state index in [2.05, 4.69) is 10.6 Å². The molecule has 0 saturated carbocycles. The first kappa shape index (κ1) is 13.4. The number of hydrogen-bond donors (Lipinski definition) is 3. The second-order valence-corrected chi connectivity index (χ2v) is 3.77. The van der Waals surface area contributed by atoms with Crippen LogP contribution in [0.1, 0.15) is 12.8 Å². The van der Waals surface area contributed by atoms with Gasteiger partial charge in [-0.2, -0.15) is 0 Å². The first-order chi connectivity index (χ1) is 8.09. The Bertz CT molecular complexity index is 299. The van der Waals surface area contributed by atoms with E-state index in [1.165, 1.54) is 0 Å². The van der Waals surface area contributed by atoms with Gasteiger partial charge in [-0.05, 0) is 12.8 Å². The molecular formula is C10H16N2O5. The van der Waals surface area contributed by atoms with Crippen molar-refractivity contribution in [3.63, 3.8) is 0 Å². The number of nitrogens with one attached hydrogen (secondary N) is 2. The van der Waals surface area contributed by atoms with E-state index in [0.717, 1.165) is 0 Å². The highest BCUT2D eigenvalue weighted by atomic mass is 16.5. The third kappa shape index (κ3) is 5.30. The molecule has 0 bridgehead atoms. The van der Waals surface area contributed by atoms with E-state index in [4.69, 9.17) is 9.84 Å². The lowest BCUT2D eigenvalue weighted by molar-refractivity contribution is -0.137. The Labute approximate surface area is 98.5 Å². The summed E-state index contributed by atoms with van der Waals surface area (Å²) in [5.74, 6) is -1.92. The Morgan fingerprint density at radius 2 is 1.76 bits per heavy atom. The van der Waals surface area contributed by atoms with Gasteiger partial charge in [-0.1, -0.05) is 0 Å². The molecule has 17 heavy (non-hydrogen) atoms. The summed E-state index contributed by atoms with van der Waals surface area (Å²) in [6, 6.07) is 0. The van der Waals surface area contributed by atoms with E-state index in [-0.39, 0.29) is 18.4 Å². The zero-order valence-electron chi connectivity index (χ0n) is 9.40. The fourth-order valence-corrected chi connectivity index (χ4v) is 1.51. The quantitative estimate of drug-likeness (QED) is 0.559. The van der Waals surface area contributed by atoms with Crippen LogP contribution in [0.15, 0.2) is 0 Å². The van der Waals surface area contributed by atoms with Crippen LogP contribution >= 0.6 is 0 Å². The van der Waals surface area contributed by atoms with Crippen molar-refractivity contribution in [2.75, 3.05) is 26.3 Å². The number of carboxylic acids is 1. The molecule has 1 fully saturated rings. The lowest BCUT2D eigenvalue weighted by Gasteiger charge is -2.20. The van der Waals surface area contributed by atoms with Crippen LogP contribution in [0, 0.1) is 5.92 Å². The second kappa shape index (κ2) is 6.85. The van der Waals surface area contributed by atoms with Crippen molar-refractivity contribution in [1.29, 1.82) is 0 Å². The maximum Gasteiger partial charge on any atom is 0.322 e. The van der Waals surface area contributed by atoms with Crippen molar-refractivity contribution < 1.29 is 24.2 Å². The van der Waals surface area contributed by atoms with Gasteiger partial charge in [0.2, 0.25) is 11.8 Å². The molecule has 96 valence electrons. The minimum absolute atomic E-state index is 0.115. The smallest absolute Gasteiger partial charge is 0.322 e. The maximum atomic E-state index is 11.6.